The van der Waals surface area contributed by atoms with Crippen molar-refractivity contribution in [1.82, 2.24) is 4.98 Å². The van der Waals surface area contributed by atoms with E-state index in [1.165, 1.54) is 0 Å². The van der Waals surface area contributed by atoms with Crippen LogP contribution in [-0.4, -0.2) is 32.2 Å². The minimum atomic E-state index is -3.66. The summed E-state index contributed by atoms with van der Waals surface area (Å²) >= 11 is 0. The van der Waals surface area contributed by atoms with Gasteiger partial charge < -0.3 is 9.15 Å². The molecular weight excluding hydrogens is 380 g/mol. The molecule has 1 aromatic heterocycles. The highest BCUT2D eigenvalue weighted by Crippen LogP contribution is 2.22. The van der Waals surface area contributed by atoms with Gasteiger partial charge >= 0.3 is 5.97 Å². The first-order valence-electron chi connectivity index (χ1n) is 8.53. The average molecular weight is 400 g/mol. The monoisotopic (exact) mass is 400 g/mol. The summed E-state index contributed by atoms with van der Waals surface area (Å²) < 4.78 is 36.0. The lowest BCUT2D eigenvalue weighted by Gasteiger charge is -2.22. The van der Waals surface area contributed by atoms with Crippen molar-refractivity contribution in [2.45, 2.75) is 13.5 Å². The lowest BCUT2D eigenvalue weighted by atomic mass is 10.2. The molecule has 8 heteroatoms. The Morgan fingerprint density at radius 3 is 2.46 bits per heavy atom. The number of carbonyl (C=O) groups excluding carboxylic acids is 1. The zero-order valence-corrected chi connectivity index (χ0v) is 16.3. The summed E-state index contributed by atoms with van der Waals surface area (Å²) in [6, 6.07) is 16.3. The van der Waals surface area contributed by atoms with Crippen LogP contribution in [0.4, 0.5) is 5.69 Å². The van der Waals surface area contributed by atoms with Crippen molar-refractivity contribution in [2.24, 2.45) is 0 Å². The number of esters is 1. The molecule has 0 aliphatic heterocycles. The van der Waals surface area contributed by atoms with Gasteiger partial charge in [-0.25, -0.2) is 13.4 Å². The van der Waals surface area contributed by atoms with Gasteiger partial charge in [0, 0.05) is 5.56 Å². The number of nitrogens with zero attached hydrogens (tertiary/aromatic N) is 2. The molecule has 3 rings (SSSR count). The number of hydrogen-bond donors (Lipinski definition) is 0. The fourth-order valence-electron chi connectivity index (χ4n) is 2.64. The molecule has 0 unspecified atom stereocenters. The molecule has 0 atom stereocenters. The maximum absolute atomic E-state index is 12.2. The molecular formula is C20H20N2O5S. The average Bonchev–Trinajstić information content (AvgIpc) is 3.14. The number of sulfonamides is 1. The van der Waals surface area contributed by atoms with Crippen molar-refractivity contribution in [3.63, 3.8) is 0 Å². The second-order valence-corrected chi connectivity index (χ2v) is 8.11. The van der Waals surface area contributed by atoms with Crippen LogP contribution in [0.1, 0.15) is 11.5 Å². The van der Waals surface area contributed by atoms with E-state index in [1.54, 1.807) is 37.4 Å². The molecule has 7 nitrogen and oxygen atoms in total. The molecule has 0 amide bonds. The van der Waals surface area contributed by atoms with Crippen LogP contribution >= 0.6 is 0 Å². The Morgan fingerprint density at radius 1 is 1.11 bits per heavy atom. The summed E-state index contributed by atoms with van der Waals surface area (Å²) in [4.78, 5) is 16.3. The first-order valence-corrected chi connectivity index (χ1v) is 10.4. The third-order valence-electron chi connectivity index (χ3n) is 4.03. The molecule has 0 spiro atoms. The molecule has 0 fully saturated rings. The van der Waals surface area contributed by atoms with E-state index in [0.717, 1.165) is 21.7 Å². The first kappa shape index (κ1) is 19.6. The molecule has 0 radical (unpaired) electrons. The van der Waals surface area contributed by atoms with Crippen LogP contribution < -0.4 is 4.31 Å². The van der Waals surface area contributed by atoms with Gasteiger partial charge in [-0.05, 0) is 18.6 Å². The number of aryl methyl sites for hydroxylation is 1. The number of hydrogen-bond acceptors (Lipinski definition) is 6. The molecule has 2 aromatic carbocycles. The van der Waals surface area contributed by atoms with Crippen LogP contribution in [0.3, 0.4) is 0 Å². The number of para-hydroxylation sites is 1. The van der Waals surface area contributed by atoms with Crippen molar-refractivity contribution in [3.05, 3.63) is 72.2 Å². The van der Waals surface area contributed by atoms with Gasteiger partial charge in [0.15, 0.2) is 12.4 Å². The minimum absolute atomic E-state index is 0.183. The Hall–Kier alpha value is -3.13. The SMILES string of the molecule is Cc1ccccc1N(CC(=O)OCc1ncc(-c2ccccc2)o1)S(C)(=O)=O. The van der Waals surface area contributed by atoms with Gasteiger partial charge in [0.2, 0.25) is 15.9 Å². The highest BCUT2D eigenvalue weighted by Gasteiger charge is 2.23. The number of oxazole rings is 1. The number of benzene rings is 2. The van der Waals surface area contributed by atoms with E-state index in [9.17, 15) is 13.2 Å². The van der Waals surface area contributed by atoms with Gasteiger partial charge in [-0.1, -0.05) is 48.5 Å². The van der Waals surface area contributed by atoms with E-state index in [1.807, 2.05) is 30.3 Å². The lowest BCUT2D eigenvalue weighted by Crippen LogP contribution is -2.36. The number of carbonyl (C=O) groups is 1. The van der Waals surface area contributed by atoms with Crippen LogP contribution in [0.25, 0.3) is 11.3 Å². The predicted molar refractivity (Wildman–Crippen MR) is 105 cm³/mol. The normalized spacial score (nSPS) is 11.2. The Morgan fingerprint density at radius 2 is 1.79 bits per heavy atom. The van der Waals surface area contributed by atoms with Crippen LogP contribution in [0.15, 0.2) is 65.2 Å². The van der Waals surface area contributed by atoms with E-state index < -0.39 is 22.5 Å². The van der Waals surface area contributed by atoms with E-state index in [-0.39, 0.29) is 12.5 Å². The number of aromatic nitrogens is 1. The van der Waals surface area contributed by atoms with Gasteiger partial charge in [-0.3, -0.25) is 9.10 Å². The summed E-state index contributed by atoms with van der Waals surface area (Å²) in [5.41, 5.74) is 2.03. The molecule has 0 saturated carbocycles. The highest BCUT2D eigenvalue weighted by molar-refractivity contribution is 7.92. The topological polar surface area (TPSA) is 89.7 Å². The summed E-state index contributed by atoms with van der Waals surface area (Å²) in [5, 5.41) is 0. The summed E-state index contributed by atoms with van der Waals surface area (Å²) in [7, 11) is -3.66. The lowest BCUT2D eigenvalue weighted by molar-refractivity contribution is -0.143. The van der Waals surface area contributed by atoms with Crippen LogP contribution in [0, 0.1) is 6.92 Å². The van der Waals surface area contributed by atoms with Crippen molar-refractivity contribution in [1.29, 1.82) is 0 Å². The van der Waals surface area contributed by atoms with Crippen molar-refractivity contribution in [2.75, 3.05) is 17.1 Å². The molecule has 146 valence electrons. The van der Waals surface area contributed by atoms with E-state index in [0.29, 0.717) is 11.4 Å². The van der Waals surface area contributed by atoms with Gasteiger partial charge in [0.05, 0.1) is 18.1 Å². The molecule has 0 saturated heterocycles. The number of anilines is 1. The van der Waals surface area contributed by atoms with Gasteiger partial charge in [-0.2, -0.15) is 0 Å². The zero-order chi connectivity index (χ0) is 20.1. The summed E-state index contributed by atoms with van der Waals surface area (Å²) in [6.07, 6.45) is 2.60. The van der Waals surface area contributed by atoms with Crippen molar-refractivity contribution in [3.8, 4) is 11.3 Å². The van der Waals surface area contributed by atoms with E-state index in [2.05, 4.69) is 4.98 Å². The molecule has 0 aliphatic carbocycles. The standard InChI is InChI=1S/C20H20N2O5S/c1-15-8-6-7-11-17(15)22(28(2,24)25)13-20(23)26-14-19-21-12-18(27-19)16-9-4-3-5-10-16/h3-12H,13-14H2,1-2H3. The quantitative estimate of drug-likeness (QED) is 0.566. The fraction of sp³-hybridized carbons (Fsp3) is 0.200. The van der Waals surface area contributed by atoms with Gasteiger partial charge in [0.25, 0.3) is 0 Å². The van der Waals surface area contributed by atoms with E-state index in [4.69, 9.17) is 9.15 Å². The zero-order valence-electron chi connectivity index (χ0n) is 15.5. The Kier molecular flexibility index (Phi) is 5.79. The largest absolute Gasteiger partial charge is 0.454 e. The van der Waals surface area contributed by atoms with Gasteiger partial charge in [-0.15, -0.1) is 0 Å². The maximum Gasteiger partial charge on any atom is 0.327 e. The minimum Gasteiger partial charge on any atom is -0.454 e. The Bertz CT molecular complexity index is 1060. The second kappa shape index (κ2) is 8.26. The van der Waals surface area contributed by atoms with E-state index >= 15 is 0 Å². The van der Waals surface area contributed by atoms with Gasteiger partial charge in [0.1, 0.15) is 6.54 Å². The van der Waals surface area contributed by atoms with Crippen LogP contribution in [0.5, 0.6) is 0 Å². The summed E-state index contributed by atoms with van der Waals surface area (Å²) in [5.74, 6) is 0.0893. The first-order chi connectivity index (χ1) is 13.3. The Balaban J connectivity index is 1.66. The van der Waals surface area contributed by atoms with Crippen molar-refractivity contribution >= 4 is 21.7 Å². The molecule has 3 aromatic rings. The summed E-state index contributed by atoms with van der Waals surface area (Å²) in [6.45, 7) is 1.16. The highest BCUT2D eigenvalue weighted by atomic mass is 32.2. The number of rotatable bonds is 7. The van der Waals surface area contributed by atoms with Crippen LogP contribution in [-0.2, 0) is 26.2 Å². The third kappa shape index (κ3) is 4.77. The fourth-order valence-corrected chi connectivity index (χ4v) is 3.54. The van der Waals surface area contributed by atoms with Crippen LogP contribution in [0.2, 0.25) is 0 Å². The smallest absolute Gasteiger partial charge is 0.327 e. The Labute approximate surface area is 163 Å². The predicted octanol–water partition coefficient (Wildman–Crippen LogP) is 3.16. The molecule has 1 heterocycles. The molecule has 0 aliphatic rings. The van der Waals surface area contributed by atoms with Crippen molar-refractivity contribution < 1.29 is 22.4 Å². The molecule has 0 N–H and O–H groups in total. The number of ether oxygens (including phenoxy) is 1. The maximum atomic E-state index is 12.2. The molecule has 0 bridgehead atoms. The molecule has 28 heavy (non-hydrogen) atoms. The second-order valence-electron chi connectivity index (χ2n) is 6.20. The third-order valence-corrected chi connectivity index (χ3v) is 5.15.